The van der Waals surface area contributed by atoms with Gasteiger partial charge in [0.2, 0.25) is 11.8 Å². The summed E-state index contributed by atoms with van der Waals surface area (Å²) < 4.78 is 13.3. The third-order valence-corrected chi connectivity index (χ3v) is 3.79. The van der Waals surface area contributed by atoms with E-state index >= 15 is 0 Å². The van der Waals surface area contributed by atoms with Crippen LogP contribution in [-0.2, 0) is 16.1 Å². The molecule has 0 bridgehead atoms. The number of amides is 2. The molecule has 1 heterocycles. The molecule has 4 nitrogen and oxygen atoms in total. The largest absolute Gasteiger partial charge is 0.337 e. The molecule has 1 fully saturated rings. The zero-order valence-corrected chi connectivity index (χ0v) is 13.7. The molecule has 0 aliphatic carbocycles. The Balaban J connectivity index is 1.98. The smallest absolute Gasteiger partial charge is 0.246 e. The van der Waals surface area contributed by atoms with Gasteiger partial charge >= 0.3 is 0 Å². The van der Waals surface area contributed by atoms with Crippen molar-refractivity contribution in [1.29, 1.82) is 0 Å². The number of allylic oxidation sites excluding steroid dienone is 1. The van der Waals surface area contributed by atoms with Gasteiger partial charge in [-0.3, -0.25) is 9.59 Å². The third kappa shape index (κ3) is 5.20. The lowest BCUT2D eigenvalue weighted by Crippen LogP contribution is -2.34. The van der Waals surface area contributed by atoms with Crippen LogP contribution in [0.5, 0.6) is 0 Å². The molecule has 2 amide bonds. The van der Waals surface area contributed by atoms with E-state index in [2.05, 4.69) is 0 Å². The molecule has 1 aromatic rings. The van der Waals surface area contributed by atoms with Gasteiger partial charge in [-0.15, -0.1) is 0 Å². The summed E-state index contributed by atoms with van der Waals surface area (Å²) in [5.74, 6) is -0.0473. The Hall–Kier alpha value is -2.17. The molecule has 0 aromatic heterocycles. The second-order valence-corrected chi connectivity index (χ2v) is 6.12. The molecule has 1 saturated heterocycles. The van der Waals surface area contributed by atoms with E-state index in [4.69, 9.17) is 0 Å². The number of hydrogen-bond donors (Lipinski definition) is 0. The topological polar surface area (TPSA) is 40.6 Å². The van der Waals surface area contributed by atoms with Crippen LogP contribution in [0.15, 0.2) is 36.4 Å². The van der Waals surface area contributed by atoms with Crippen LogP contribution in [0.2, 0.25) is 0 Å². The summed E-state index contributed by atoms with van der Waals surface area (Å²) in [5, 5.41) is 0. The number of benzene rings is 1. The summed E-state index contributed by atoms with van der Waals surface area (Å²) in [6.07, 6.45) is 3.74. The standard InChI is InChI=1S/C18H23FN2O2/c1-14(2)6-7-17(22)20-9-8-18(23)21(11-10-20)13-15-4-3-5-16(19)12-15/h3-7,12,14H,8-11,13H2,1-2H3/b7-6+. The number of carbonyl (C=O) groups is 2. The van der Waals surface area contributed by atoms with Crippen molar-refractivity contribution in [3.63, 3.8) is 0 Å². The zero-order chi connectivity index (χ0) is 16.8. The maximum atomic E-state index is 13.3. The average Bonchev–Trinajstić information content (AvgIpc) is 2.68. The van der Waals surface area contributed by atoms with E-state index in [0.29, 0.717) is 38.5 Å². The van der Waals surface area contributed by atoms with E-state index in [1.165, 1.54) is 12.1 Å². The minimum Gasteiger partial charge on any atom is -0.337 e. The van der Waals surface area contributed by atoms with Crippen LogP contribution < -0.4 is 0 Å². The predicted molar refractivity (Wildman–Crippen MR) is 87.0 cm³/mol. The molecule has 0 N–H and O–H groups in total. The van der Waals surface area contributed by atoms with Crippen molar-refractivity contribution >= 4 is 11.8 Å². The maximum absolute atomic E-state index is 13.3. The van der Waals surface area contributed by atoms with Gasteiger partial charge in [0.25, 0.3) is 0 Å². The highest BCUT2D eigenvalue weighted by Gasteiger charge is 2.22. The fourth-order valence-corrected chi connectivity index (χ4v) is 2.49. The normalized spacial score (nSPS) is 16.3. The highest BCUT2D eigenvalue weighted by atomic mass is 19.1. The Morgan fingerprint density at radius 2 is 2.09 bits per heavy atom. The summed E-state index contributed by atoms with van der Waals surface area (Å²) in [7, 11) is 0. The number of nitrogens with zero attached hydrogens (tertiary/aromatic N) is 2. The van der Waals surface area contributed by atoms with Crippen molar-refractivity contribution in [1.82, 2.24) is 9.80 Å². The van der Waals surface area contributed by atoms with Crippen molar-refractivity contribution in [3.8, 4) is 0 Å². The van der Waals surface area contributed by atoms with E-state index in [9.17, 15) is 14.0 Å². The van der Waals surface area contributed by atoms with Crippen LogP contribution in [-0.4, -0.2) is 41.2 Å². The zero-order valence-electron chi connectivity index (χ0n) is 13.7. The first kappa shape index (κ1) is 17.2. The van der Waals surface area contributed by atoms with Crippen LogP contribution >= 0.6 is 0 Å². The van der Waals surface area contributed by atoms with Crippen molar-refractivity contribution < 1.29 is 14.0 Å². The fourth-order valence-electron chi connectivity index (χ4n) is 2.49. The van der Waals surface area contributed by atoms with E-state index in [1.54, 1.807) is 28.0 Å². The molecule has 0 unspecified atom stereocenters. The van der Waals surface area contributed by atoms with Crippen LogP contribution in [0.3, 0.4) is 0 Å². The molecule has 1 aliphatic rings. The van der Waals surface area contributed by atoms with Crippen LogP contribution in [0.25, 0.3) is 0 Å². The number of rotatable bonds is 4. The van der Waals surface area contributed by atoms with Gasteiger partial charge in [0.1, 0.15) is 5.82 Å². The Morgan fingerprint density at radius 3 is 2.78 bits per heavy atom. The molecule has 0 atom stereocenters. The molecular formula is C18H23FN2O2. The number of halogens is 1. The lowest BCUT2D eigenvalue weighted by molar-refractivity contribution is -0.130. The molecule has 2 rings (SSSR count). The first-order valence-corrected chi connectivity index (χ1v) is 7.95. The molecule has 0 spiro atoms. The second-order valence-electron chi connectivity index (χ2n) is 6.12. The van der Waals surface area contributed by atoms with Gasteiger partial charge in [0.05, 0.1) is 0 Å². The summed E-state index contributed by atoms with van der Waals surface area (Å²) in [6, 6.07) is 6.26. The lowest BCUT2D eigenvalue weighted by Gasteiger charge is -2.21. The molecule has 5 heteroatoms. The highest BCUT2D eigenvalue weighted by molar-refractivity contribution is 5.88. The van der Waals surface area contributed by atoms with Gasteiger partial charge in [-0.05, 0) is 29.7 Å². The minimum absolute atomic E-state index is 0.00241. The SMILES string of the molecule is CC(C)/C=C/C(=O)N1CCC(=O)N(Cc2cccc(F)c2)CC1. The van der Waals surface area contributed by atoms with Crippen LogP contribution in [0, 0.1) is 11.7 Å². The Morgan fingerprint density at radius 1 is 1.30 bits per heavy atom. The minimum atomic E-state index is -0.305. The number of hydrogen-bond acceptors (Lipinski definition) is 2. The predicted octanol–water partition coefficient (Wildman–Crippen LogP) is 2.60. The monoisotopic (exact) mass is 318 g/mol. The first-order chi connectivity index (χ1) is 11.0. The molecule has 23 heavy (non-hydrogen) atoms. The number of carbonyl (C=O) groups excluding carboxylic acids is 2. The molecule has 1 aromatic carbocycles. The van der Waals surface area contributed by atoms with E-state index in [-0.39, 0.29) is 17.6 Å². The summed E-state index contributed by atoms with van der Waals surface area (Å²) >= 11 is 0. The van der Waals surface area contributed by atoms with Crippen molar-refractivity contribution in [3.05, 3.63) is 47.8 Å². The van der Waals surface area contributed by atoms with Gasteiger partial charge in [0, 0.05) is 32.6 Å². The summed E-state index contributed by atoms with van der Waals surface area (Å²) in [4.78, 5) is 27.7. The van der Waals surface area contributed by atoms with Crippen molar-refractivity contribution in [2.75, 3.05) is 19.6 Å². The summed E-state index contributed by atoms with van der Waals surface area (Å²) in [5.41, 5.74) is 0.762. The van der Waals surface area contributed by atoms with Crippen LogP contribution in [0.4, 0.5) is 4.39 Å². The van der Waals surface area contributed by atoms with E-state index in [0.717, 1.165) is 5.56 Å². The van der Waals surface area contributed by atoms with E-state index < -0.39 is 0 Å². The fraction of sp³-hybridized carbons (Fsp3) is 0.444. The Bertz CT molecular complexity index is 598. The molecule has 1 aliphatic heterocycles. The van der Waals surface area contributed by atoms with Gasteiger partial charge in [-0.2, -0.15) is 0 Å². The Labute approximate surface area is 136 Å². The average molecular weight is 318 g/mol. The van der Waals surface area contributed by atoms with Gasteiger partial charge in [-0.25, -0.2) is 4.39 Å². The third-order valence-electron chi connectivity index (χ3n) is 3.79. The van der Waals surface area contributed by atoms with Crippen LogP contribution in [0.1, 0.15) is 25.8 Å². The molecule has 0 saturated carbocycles. The van der Waals surface area contributed by atoms with Gasteiger partial charge in [-0.1, -0.05) is 32.1 Å². The molecular weight excluding hydrogens is 295 g/mol. The van der Waals surface area contributed by atoms with Crippen molar-refractivity contribution in [2.24, 2.45) is 5.92 Å². The van der Waals surface area contributed by atoms with Crippen molar-refractivity contribution in [2.45, 2.75) is 26.8 Å². The Kier molecular flexibility index (Phi) is 5.90. The van der Waals surface area contributed by atoms with Gasteiger partial charge in [0.15, 0.2) is 0 Å². The molecule has 0 radical (unpaired) electrons. The highest BCUT2D eigenvalue weighted by Crippen LogP contribution is 2.12. The maximum Gasteiger partial charge on any atom is 0.246 e. The van der Waals surface area contributed by atoms with Gasteiger partial charge < -0.3 is 9.80 Å². The lowest BCUT2D eigenvalue weighted by atomic mass is 10.2. The second kappa shape index (κ2) is 7.90. The van der Waals surface area contributed by atoms with E-state index in [1.807, 2.05) is 19.9 Å². The summed E-state index contributed by atoms with van der Waals surface area (Å²) in [6.45, 7) is 5.80. The first-order valence-electron chi connectivity index (χ1n) is 7.95. The molecule has 124 valence electrons. The quantitative estimate of drug-likeness (QED) is 0.801.